The fraction of sp³-hybridized carbons (Fsp3) is 0.333. The molecule has 1 atom stereocenters. The van der Waals surface area contributed by atoms with Gasteiger partial charge in [0.05, 0.1) is 18.2 Å². The maximum atomic E-state index is 12.8. The Morgan fingerprint density at radius 2 is 1.60 bits per heavy atom. The molecule has 0 aliphatic carbocycles. The van der Waals surface area contributed by atoms with Gasteiger partial charge in [0, 0.05) is 12.0 Å². The third-order valence-corrected chi connectivity index (χ3v) is 2.96. The van der Waals surface area contributed by atoms with E-state index in [9.17, 15) is 35.9 Å². The predicted octanol–water partition coefficient (Wildman–Crippen LogP) is 3.02. The first-order valence-corrected chi connectivity index (χ1v) is 6.51. The Balaban J connectivity index is 3.29. The second-order valence-corrected chi connectivity index (χ2v) is 4.75. The van der Waals surface area contributed by atoms with Gasteiger partial charge in [0.2, 0.25) is 0 Å². The number of carbonyl (C=O) groups is 2. The highest BCUT2D eigenvalue weighted by Crippen LogP contribution is 2.36. The maximum absolute atomic E-state index is 12.8. The van der Waals surface area contributed by atoms with Crippen molar-refractivity contribution in [2.45, 2.75) is 24.8 Å². The standard InChI is InChI=1S/C15H11F6NO3/c1-3-4-11(13(24)25-2)22-12(23)8-5-9(14(16,17)18)7-10(6-8)15(19,20)21/h1,5-7,11H,4H2,2H3,(H,22,23)/t11-/m1/s1. The van der Waals surface area contributed by atoms with E-state index in [2.05, 4.69) is 4.74 Å². The summed E-state index contributed by atoms with van der Waals surface area (Å²) < 4.78 is 80.9. The summed E-state index contributed by atoms with van der Waals surface area (Å²) in [5, 5.41) is 1.95. The predicted molar refractivity (Wildman–Crippen MR) is 73.2 cm³/mol. The second kappa shape index (κ2) is 7.46. The number of methoxy groups -OCH3 is 1. The normalized spacial score (nSPS) is 12.9. The maximum Gasteiger partial charge on any atom is 0.416 e. The zero-order chi connectivity index (χ0) is 19.4. The molecule has 136 valence electrons. The smallest absolute Gasteiger partial charge is 0.416 e. The Morgan fingerprint density at radius 1 is 1.12 bits per heavy atom. The molecule has 0 saturated heterocycles. The van der Waals surface area contributed by atoms with E-state index < -0.39 is 47.0 Å². The van der Waals surface area contributed by atoms with Crippen LogP contribution in [0.3, 0.4) is 0 Å². The summed E-state index contributed by atoms with van der Waals surface area (Å²) in [5.41, 5.74) is -4.23. The van der Waals surface area contributed by atoms with Crippen LogP contribution >= 0.6 is 0 Å². The van der Waals surface area contributed by atoms with Crippen molar-refractivity contribution in [3.63, 3.8) is 0 Å². The van der Waals surface area contributed by atoms with Gasteiger partial charge < -0.3 is 10.1 Å². The van der Waals surface area contributed by atoms with Gasteiger partial charge in [-0.1, -0.05) is 0 Å². The van der Waals surface area contributed by atoms with Gasteiger partial charge in [-0.15, -0.1) is 12.3 Å². The van der Waals surface area contributed by atoms with Crippen LogP contribution in [0, 0.1) is 12.3 Å². The number of amides is 1. The average Bonchev–Trinajstić information content (AvgIpc) is 2.51. The van der Waals surface area contributed by atoms with Gasteiger partial charge >= 0.3 is 18.3 Å². The molecule has 0 aromatic heterocycles. The van der Waals surface area contributed by atoms with Gasteiger partial charge in [-0.2, -0.15) is 26.3 Å². The number of halogens is 6. The minimum atomic E-state index is -5.10. The van der Waals surface area contributed by atoms with Crippen LogP contribution in [0.4, 0.5) is 26.3 Å². The summed E-state index contributed by atoms with van der Waals surface area (Å²) in [4.78, 5) is 23.4. The van der Waals surface area contributed by atoms with Crippen molar-refractivity contribution in [3.05, 3.63) is 34.9 Å². The fourth-order valence-corrected chi connectivity index (χ4v) is 1.78. The molecule has 0 aliphatic heterocycles. The van der Waals surface area contributed by atoms with Gasteiger partial charge in [0.15, 0.2) is 0 Å². The summed E-state index contributed by atoms with van der Waals surface area (Å²) in [6, 6.07) is -1.04. The summed E-state index contributed by atoms with van der Waals surface area (Å²) in [5.74, 6) is -0.287. The molecule has 1 aromatic carbocycles. The Labute approximate surface area is 138 Å². The Kier molecular flexibility index (Phi) is 6.07. The van der Waals surface area contributed by atoms with E-state index >= 15 is 0 Å². The number of terminal acetylenes is 1. The molecule has 0 unspecified atom stereocenters. The minimum absolute atomic E-state index is 0.115. The quantitative estimate of drug-likeness (QED) is 0.506. The van der Waals surface area contributed by atoms with Crippen molar-refractivity contribution in [1.29, 1.82) is 0 Å². The van der Waals surface area contributed by atoms with Crippen LogP contribution < -0.4 is 5.32 Å². The molecular weight excluding hydrogens is 356 g/mol. The van der Waals surface area contributed by atoms with E-state index in [0.29, 0.717) is 0 Å². The highest BCUT2D eigenvalue weighted by Gasteiger charge is 2.37. The molecular formula is C15H11F6NO3. The zero-order valence-electron chi connectivity index (χ0n) is 12.6. The molecule has 0 spiro atoms. The van der Waals surface area contributed by atoms with Gasteiger partial charge in [-0.25, -0.2) is 4.79 Å². The van der Waals surface area contributed by atoms with Crippen LogP contribution in [0.15, 0.2) is 18.2 Å². The van der Waals surface area contributed by atoms with Gasteiger partial charge in [0.1, 0.15) is 6.04 Å². The fourth-order valence-electron chi connectivity index (χ4n) is 1.78. The summed E-state index contributed by atoms with van der Waals surface area (Å²) in [7, 11) is 0.976. The number of nitrogens with one attached hydrogen (secondary N) is 1. The molecule has 1 N–H and O–H groups in total. The van der Waals surface area contributed by atoms with E-state index in [1.807, 2.05) is 11.2 Å². The van der Waals surface area contributed by atoms with Crippen LogP contribution in [0.25, 0.3) is 0 Å². The summed E-state index contributed by atoms with van der Waals surface area (Å²) in [6.45, 7) is 0. The van der Waals surface area contributed by atoms with Crippen LogP contribution in [0.1, 0.15) is 27.9 Å². The van der Waals surface area contributed by atoms with Gasteiger partial charge in [0.25, 0.3) is 5.91 Å². The van der Waals surface area contributed by atoms with Crippen molar-refractivity contribution in [2.24, 2.45) is 0 Å². The molecule has 25 heavy (non-hydrogen) atoms. The zero-order valence-corrected chi connectivity index (χ0v) is 12.6. The lowest BCUT2D eigenvalue weighted by Crippen LogP contribution is -2.41. The second-order valence-electron chi connectivity index (χ2n) is 4.75. The average molecular weight is 367 g/mol. The van der Waals surface area contributed by atoms with Crippen LogP contribution in [-0.4, -0.2) is 25.0 Å². The molecule has 1 rings (SSSR count). The third kappa shape index (κ3) is 5.41. The molecule has 0 radical (unpaired) electrons. The number of alkyl halides is 6. The van der Waals surface area contributed by atoms with Crippen LogP contribution in [-0.2, 0) is 21.9 Å². The molecule has 10 heteroatoms. The van der Waals surface area contributed by atoms with E-state index in [1.54, 1.807) is 0 Å². The van der Waals surface area contributed by atoms with Gasteiger partial charge in [-0.05, 0) is 18.2 Å². The molecule has 4 nitrogen and oxygen atoms in total. The van der Waals surface area contributed by atoms with Crippen molar-refractivity contribution >= 4 is 11.9 Å². The van der Waals surface area contributed by atoms with Crippen LogP contribution in [0.5, 0.6) is 0 Å². The number of esters is 1. The molecule has 1 amide bonds. The Morgan fingerprint density at radius 3 is 1.96 bits per heavy atom. The van der Waals surface area contributed by atoms with Crippen molar-refractivity contribution in [3.8, 4) is 12.3 Å². The van der Waals surface area contributed by atoms with Gasteiger partial charge in [-0.3, -0.25) is 4.79 Å². The number of hydrogen-bond acceptors (Lipinski definition) is 3. The van der Waals surface area contributed by atoms with E-state index in [4.69, 9.17) is 6.42 Å². The van der Waals surface area contributed by atoms with E-state index in [0.717, 1.165) is 7.11 Å². The first kappa shape index (κ1) is 20.3. The van der Waals surface area contributed by atoms with Crippen molar-refractivity contribution in [2.75, 3.05) is 7.11 Å². The lowest BCUT2D eigenvalue weighted by molar-refractivity contribution is -0.144. The largest absolute Gasteiger partial charge is 0.467 e. The number of carbonyl (C=O) groups excluding carboxylic acids is 2. The van der Waals surface area contributed by atoms with E-state index in [-0.39, 0.29) is 24.6 Å². The number of hydrogen-bond donors (Lipinski definition) is 1. The molecule has 0 heterocycles. The monoisotopic (exact) mass is 367 g/mol. The summed E-state index contributed by atoms with van der Waals surface area (Å²) >= 11 is 0. The van der Waals surface area contributed by atoms with Crippen LogP contribution in [0.2, 0.25) is 0 Å². The minimum Gasteiger partial charge on any atom is -0.467 e. The van der Waals surface area contributed by atoms with Crippen molar-refractivity contribution in [1.82, 2.24) is 5.32 Å². The molecule has 0 fully saturated rings. The topological polar surface area (TPSA) is 55.4 Å². The Bertz CT molecular complexity index is 670. The lowest BCUT2D eigenvalue weighted by atomic mass is 10.0. The molecule has 0 bridgehead atoms. The van der Waals surface area contributed by atoms with Crippen molar-refractivity contribution < 1.29 is 40.7 Å². The first-order chi connectivity index (χ1) is 11.4. The molecule has 0 saturated carbocycles. The molecule has 1 aromatic rings. The van der Waals surface area contributed by atoms with E-state index in [1.165, 1.54) is 0 Å². The molecule has 0 aliphatic rings. The third-order valence-electron chi connectivity index (χ3n) is 2.96. The lowest BCUT2D eigenvalue weighted by Gasteiger charge is -2.16. The first-order valence-electron chi connectivity index (χ1n) is 6.51. The highest BCUT2D eigenvalue weighted by molar-refractivity contribution is 5.97. The number of benzene rings is 1. The number of rotatable bonds is 4. The Hall–Kier alpha value is -2.70. The summed E-state index contributed by atoms with van der Waals surface area (Å²) in [6.07, 6.45) is -5.57. The number of ether oxygens (including phenoxy) is 1. The highest BCUT2D eigenvalue weighted by atomic mass is 19.4. The SMILES string of the molecule is C#CC[C@@H](NC(=O)c1cc(C(F)(F)F)cc(C(F)(F)F)c1)C(=O)OC.